The molecule has 1 heterocycles. The van der Waals surface area contributed by atoms with Gasteiger partial charge in [-0.1, -0.05) is 12.1 Å². The van der Waals surface area contributed by atoms with E-state index in [0.29, 0.717) is 12.1 Å². The van der Waals surface area contributed by atoms with Crippen LogP contribution in [0.1, 0.15) is 18.4 Å². The third kappa shape index (κ3) is 3.68. The van der Waals surface area contributed by atoms with Crippen LogP contribution in [0.5, 0.6) is 0 Å². The number of nitrogens with zero attached hydrogens (tertiary/aromatic N) is 2. The van der Waals surface area contributed by atoms with E-state index < -0.39 is 22.8 Å². The molecular formula is C17H18N2O6. The molecule has 132 valence electrons. The summed E-state index contributed by atoms with van der Waals surface area (Å²) in [5.74, 6) is -2.06. The molecule has 8 heteroatoms. The van der Waals surface area contributed by atoms with Gasteiger partial charge in [0.15, 0.2) is 0 Å². The Labute approximate surface area is 144 Å². The van der Waals surface area contributed by atoms with E-state index in [1.54, 1.807) is 23.4 Å². The molecule has 1 aromatic carbocycles. The van der Waals surface area contributed by atoms with Crippen LogP contribution < -0.4 is 0 Å². The smallest absolute Gasteiger partial charge is 0.336 e. The highest BCUT2D eigenvalue weighted by atomic mass is 16.6. The maximum Gasteiger partial charge on any atom is 0.336 e. The topological polar surface area (TPSA) is 99.0 Å². The lowest BCUT2D eigenvalue weighted by molar-refractivity contribution is -0.384. The second kappa shape index (κ2) is 7.61. The van der Waals surface area contributed by atoms with Gasteiger partial charge >= 0.3 is 11.9 Å². The molecule has 2 rings (SSSR count). The zero-order valence-electron chi connectivity index (χ0n) is 14.1. The van der Waals surface area contributed by atoms with Gasteiger partial charge in [-0.3, -0.25) is 10.1 Å². The minimum Gasteiger partial charge on any atom is -0.466 e. The van der Waals surface area contributed by atoms with Crippen LogP contribution in [-0.2, 0) is 19.1 Å². The summed E-state index contributed by atoms with van der Waals surface area (Å²) in [6.45, 7) is 2.37. The first-order valence-corrected chi connectivity index (χ1v) is 7.53. The molecule has 0 unspecified atom stereocenters. The van der Waals surface area contributed by atoms with E-state index in [0.717, 1.165) is 0 Å². The molecule has 0 spiro atoms. The molecule has 1 aromatic rings. The lowest BCUT2D eigenvalue weighted by atomic mass is 9.83. The van der Waals surface area contributed by atoms with E-state index >= 15 is 0 Å². The van der Waals surface area contributed by atoms with Crippen molar-refractivity contribution in [2.24, 2.45) is 0 Å². The zero-order valence-corrected chi connectivity index (χ0v) is 14.1. The van der Waals surface area contributed by atoms with Crippen LogP contribution in [-0.4, -0.2) is 42.5 Å². The molecule has 1 aliphatic heterocycles. The van der Waals surface area contributed by atoms with Crippen LogP contribution >= 0.6 is 0 Å². The van der Waals surface area contributed by atoms with Crippen molar-refractivity contribution in [3.05, 3.63) is 63.5 Å². The van der Waals surface area contributed by atoms with E-state index in [2.05, 4.69) is 0 Å². The fourth-order valence-electron chi connectivity index (χ4n) is 2.65. The summed E-state index contributed by atoms with van der Waals surface area (Å²) >= 11 is 0. The number of esters is 2. The van der Waals surface area contributed by atoms with Gasteiger partial charge in [-0.15, -0.1) is 0 Å². The Morgan fingerprint density at radius 1 is 1.16 bits per heavy atom. The number of nitro groups is 1. The van der Waals surface area contributed by atoms with Crippen molar-refractivity contribution in [2.75, 3.05) is 20.8 Å². The number of hydrogen-bond acceptors (Lipinski definition) is 7. The first kappa shape index (κ1) is 18.2. The first-order valence-electron chi connectivity index (χ1n) is 7.53. The van der Waals surface area contributed by atoms with Gasteiger partial charge in [0.05, 0.1) is 36.2 Å². The number of methoxy groups -OCH3 is 2. The second-order valence-corrected chi connectivity index (χ2v) is 5.27. The molecule has 0 fully saturated rings. The average molecular weight is 346 g/mol. The van der Waals surface area contributed by atoms with Crippen LogP contribution in [0.15, 0.2) is 47.8 Å². The van der Waals surface area contributed by atoms with E-state index in [9.17, 15) is 19.7 Å². The van der Waals surface area contributed by atoms with Crippen molar-refractivity contribution in [3.8, 4) is 0 Å². The predicted molar refractivity (Wildman–Crippen MR) is 88.4 cm³/mol. The van der Waals surface area contributed by atoms with Crippen molar-refractivity contribution in [1.82, 2.24) is 4.90 Å². The summed E-state index contributed by atoms with van der Waals surface area (Å²) in [5.41, 5.74) is 0.697. The van der Waals surface area contributed by atoms with Gasteiger partial charge in [-0.2, -0.15) is 0 Å². The Kier molecular flexibility index (Phi) is 5.53. The van der Waals surface area contributed by atoms with Crippen molar-refractivity contribution in [1.29, 1.82) is 0 Å². The van der Waals surface area contributed by atoms with Crippen molar-refractivity contribution < 1.29 is 24.0 Å². The van der Waals surface area contributed by atoms with E-state index in [1.807, 2.05) is 6.92 Å². The van der Waals surface area contributed by atoms with Gasteiger partial charge in [-0.25, -0.2) is 9.59 Å². The Morgan fingerprint density at radius 2 is 1.72 bits per heavy atom. The van der Waals surface area contributed by atoms with Crippen LogP contribution in [0.4, 0.5) is 5.69 Å². The van der Waals surface area contributed by atoms with Gasteiger partial charge in [-0.05, 0) is 12.5 Å². The number of rotatable bonds is 5. The molecule has 1 aliphatic rings. The largest absolute Gasteiger partial charge is 0.466 e. The molecular weight excluding hydrogens is 328 g/mol. The Balaban J connectivity index is 2.63. The third-order valence-corrected chi connectivity index (χ3v) is 3.85. The zero-order chi connectivity index (χ0) is 18.6. The molecule has 0 aliphatic carbocycles. The van der Waals surface area contributed by atoms with Crippen molar-refractivity contribution >= 4 is 17.6 Å². The fraction of sp³-hybridized carbons (Fsp3) is 0.294. The quantitative estimate of drug-likeness (QED) is 0.457. The first-order chi connectivity index (χ1) is 11.9. The molecule has 0 radical (unpaired) electrons. The van der Waals surface area contributed by atoms with Gasteiger partial charge in [0.2, 0.25) is 0 Å². The maximum atomic E-state index is 12.3. The summed E-state index contributed by atoms with van der Waals surface area (Å²) < 4.78 is 9.65. The maximum absolute atomic E-state index is 12.3. The minimum absolute atomic E-state index is 0.135. The van der Waals surface area contributed by atoms with Crippen LogP contribution in [0, 0.1) is 10.1 Å². The lowest BCUT2D eigenvalue weighted by Crippen LogP contribution is -2.28. The summed E-state index contributed by atoms with van der Waals surface area (Å²) in [4.78, 5) is 36.7. The molecule has 0 saturated heterocycles. The van der Waals surface area contributed by atoms with Gasteiger partial charge in [0.1, 0.15) is 0 Å². The Hall–Kier alpha value is -3.16. The molecule has 0 aromatic heterocycles. The molecule has 0 saturated carbocycles. The molecule has 0 bridgehead atoms. The number of nitro benzene ring substituents is 1. The summed E-state index contributed by atoms with van der Waals surface area (Å²) in [6.07, 6.45) is 3.14. The lowest BCUT2D eigenvalue weighted by Gasteiger charge is -2.29. The van der Waals surface area contributed by atoms with Crippen molar-refractivity contribution in [3.63, 3.8) is 0 Å². The Morgan fingerprint density at radius 3 is 2.16 bits per heavy atom. The number of carbonyl (C=O) groups excluding carboxylic acids is 2. The molecule has 8 nitrogen and oxygen atoms in total. The highest BCUT2D eigenvalue weighted by molar-refractivity contribution is 5.98. The standard InChI is InChI=1S/C17H18N2O6/c1-4-18-9-13(16(20)24-2)15(14(10-18)17(21)25-3)11-6-5-7-12(8-11)19(22)23/h5-10,15H,4H2,1-3H3. The van der Waals surface area contributed by atoms with Gasteiger partial charge in [0.25, 0.3) is 5.69 Å². The number of benzene rings is 1. The van der Waals surface area contributed by atoms with E-state index in [1.165, 1.54) is 32.4 Å². The van der Waals surface area contributed by atoms with E-state index in [-0.39, 0.29) is 16.8 Å². The molecule has 0 N–H and O–H groups in total. The summed E-state index contributed by atoms with van der Waals surface area (Å²) in [5, 5.41) is 11.1. The minimum atomic E-state index is -0.817. The monoisotopic (exact) mass is 346 g/mol. The highest BCUT2D eigenvalue weighted by Crippen LogP contribution is 2.37. The van der Waals surface area contributed by atoms with Crippen LogP contribution in [0.2, 0.25) is 0 Å². The SMILES string of the molecule is CCN1C=C(C(=O)OC)C(c2cccc([N+](=O)[O-])c2)C(C(=O)OC)=C1. The van der Waals surface area contributed by atoms with Gasteiger partial charge < -0.3 is 14.4 Å². The fourth-order valence-corrected chi connectivity index (χ4v) is 2.65. The predicted octanol–water partition coefficient (Wildman–Crippen LogP) is 2.13. The number of hydrogen-bond donors (Lipinski definition) is 0. The van der Waals surface area contributed by atoms with E-state index in [4.69, 9.17) is 9.47 Å². The highest BCUT2D eigenvalue weighted by Gasteiger charge is 2.35. The molecule has 0 amide bonds. The Bertz CT molecular complexity index is 734. The average Bonchev–Trinajstić information content (AvgIpc) is 2.65. The number of non-ortho nitro benzene ring substituents is 1. The number of ether oxygens (including phenoxy) is 2. The second-order valence-electron chi connectivity index (χ2n) is 5.27. The molecule has 0 atom stereocenters. The van der Waals surface area contributed by atoms with Crippen LogP contribution in [0.25, 0.3) is 0 Å². The summed E-state index contributed by atoms with van der Waals surface area (Å²) in [7, 11) is 2.47. The van der Waals surface area contributed by atoms with Crippen LogP contribution in [0.3, 0.4) is 0 Å². The van der Waals surface area contributed by atoms with Gasteiger partial charge in [0, 0.05) is 31.1 Å². The number of carbonyl (C=O) groups is 2. The van der Waals surface area contributed by atoms with Crippen molar-refractivity contribution in [2.45, 2.75) is 12.8 Å². The molecule has 25 heavy (non-hydrogen) atoms. The normalized spacial score (nSPS) is 14.4. The third-order valence-electron chi connectivity index (χ3n) is 3.85. The summed E-state index contributed by atoms with van der Waals surface area (Å²) in [6, 6.07) is 5.80.